The molecule has 2 rings (SSSR count). The summed E-state index contributed by atoms with van der Waals surface area (Å²) in [7, 11) is 0. The number of thiocarbonyl (C=S) groups is 1. The van der Waals surface area contributed by atoms with Crippen LogP contribution in [0.25, 0.3) is 0 Å². The summed E-state index contributed by atoms with van der Waals surface area (Å²) in [4.78, 5) is 13.4. The fraction of sp³-hybridized carbons (Fsp3) is 0.467. The van der Waals surface area contributed by atoms with E-state index in [2.05, 4.69) is 10.6 Å². The third kappa shape index (κ3) is 4.58. The minimum absolute atomic E-state index is 0.269. The third-order valence-electron chi connectivity index (χ3n) is 3.58. The van der Waals surface area contributed by atoms with E-state index in [1.54, 1.807) is 0 Å². The van der Waals surface area contributed by atoms with E-state index >= 15 is 0 Å². The lowest BCUT2D eigenvalue weighted by Crippen LogP contribution is -2.33. The van der Waals surface area contributed by atoms with Gasteiger partial charge >= 0.3 is 0 Å². The Hall–Kier alpha value is -1.33. The highest BCUT2D eigenvalue weighted by atomic mass is 35.5. The van der Waals surface area contributed by atoms with Crippen LogP contribution in [0.1, 0.15) is 24.8 Å². The van der Waals surface area contributed by atoms with E-state index in [4.69, 9.17) is 23.8 Å². The lowest BCUT2D eigenvalue weighted by molar-refractivity contribution is -0.127. The van der Waals surface area contributed by atoms with Crippen molar-refractivity contribution in [1.29, 1.82) is 0 Å². The molecule has 1 amide bonds. The van der Waals surface area contributed by atoms with Crippen molar-refractivity contribution in [2.24, 2.45) is 0 Å². The summed E-state index contributed by atoms with van der Waals surface area (Å²) >= 11 is 11.3. The first-order chi connectivity index (χ1) is 10.1. The number of nitrogens with one attached hydrogen (secondary N) is 2. The maximum atomic E-state index is 11.5. The summed E-state index contributed by atoms with van der Waals surface area (Å²) in [5.74, 6) is 0.269. The average molecular weight is 326 g/mol. The van der Waals surface area contributed by atoms with Gasteiger partial charge in [-0.25, -0.2) is 0 Å². The topological polar surface area (TPSA) is 44.4 Å². The highest BCUT2D eigenvalue weighted by Gasteiger charge is 2.18. The summed E-state index contributed by atoms with van der Waals surface area (Å²) in [6, 6.07) is 5.68. The number of anilines is 1. The number of nitrogens with zero attached hydrogens (tertiary/aromatic N) is 1. The van der Waals surface area contributed by atoms with Gasteiger partial charge in [-0.15, -0.1) is 0 Å². The van der Waals surface area contributed by atoms with Crippen molar-refractivity contribution in [2.45, 2.75) is 26.2 Å². The van der Waals surface area contributed by atoms with Crippen LogP contribution in [0.2, 0.25) is 5.02 Å². The molecule has 1 heterocycles. The lowest BCUT2D eigenvalue weighted by atomic mass is 10.2. The van der Waals surface area contributed by atoms with E-state index in [-0.39, 0.29) is 5.91 Å². The first-order valence-corrected chi connectivity index (χ1v) is 7.94. The van der Waals surface area contributed by atoms with Gasteiger partial charge in [-0.3, -0.25) is 4.79 Å². The molecular weight excluding hydrogens is 306 g/mol. The van der Waals surface area contributed by atoms with Gasteiger partial charge in [-0.2, -0.15) is 0 Å². The quantitative estimate of drug-likeness (QED) is 0.645. The van der Waals surface area contributed by atoms with Crippen LogP contribution >= 0.6 is 23.8 Å². The predicted molar refractivity (Wildman–Crippen MR) is 90.8 cm³/mol. The van der Waals surface area contributed by atoms with E-state index in [0.29, 0.717) is 11.5 Å². The maximum absolute atomic E-state index is 11.5. The van der Waals surface area contributed by atoms with Crippen LogP contribution in [0.5, 0.6) is 0 Å². The Morgan fingerprint density at radius 3 is 3.00 bits per heavy atom. The van der Waals surface area contributed by atoms with Crippen molar-refractivity contribution in [3.63, 3.8) is 0 Å². The Bertz CT molecular complexity index is 536. The van der Waals surface area contributed by atoms with Crippen molar-refractivity contribution in [1.82, 2.24) is 10.2 Å². The van der Waals surface area contributed by atoms with E-state index in [9.17, 15) is 4.79 Å². The van der Waals surface area contributed by atoms with Crippen LogP contribution in [0.4, 0.5) is 5.69 Å². The van der Waals surface area contributed by atoms with Crippen LogP contribution in [0.3, 0.4) is 0 Å². The Morgan fingerprint density at radius 2 is 2.29 bits per heavy atom. The maximum Gasteiger partial charge on any atom is 0.222 e. The van der Waals surface area contributed by atoms with Crippen molar-refractivity contribution >= 4 is 40.5 Å². The van der Waals surface area contributed by atoms with Crippen molar-refractivity contribution in [2.75, 3.05) is 25.0 Å². The molecule has 0 atom stereocenters. The molecule has 0 aliphatic carbocycles. The summed E-state index contributed by atoms with van der Waals surface area (Å²) in [6.45, 7) is 4.38. The molecule has 0 bridgehead atoms. The molecular formula is C15H20ClN3OS. The van der Waals surface area contributed by atoms with Crippen LogP contribution in [-0.4, -0.2) is 35.6 Å². The Labute approximate surface area is 135 Å². The fourth-order valence-corrected chi connectivity index (χ4v) is 2.71. The molecule has 1 saturated heterocycles. The van der Waals surface area contributed by atoms with E-state index in [1.165, 1.54) is 0 Å². The molecule has 0 radical (unpaired) electrons. The number of hydrogen-bond donors (Lipinski definition) is 2. The van der Waals surface area contributed by atoms with Gasteiger partial charge in [0, 0.05) is 36.8 Å². The van der Waals surface area contributed by atoms with E-state index in [1.807, 2.05) is 30.0 Å². The number of hydrogen-bond acceptors (Lipinski definition) is 2. The first-order valence-electron chi connectivity index (χ1n) is 7.15. The van der Waals surface area contributed by atoms with Gasteiger partial charge in [0.1, 0.15) is 0 Å². The van der Waals surface area contributed by atoms with Crippen molar-refractivity contribution in [3.8, 4) is 0 Å². The minimum Gasteiger partial charge on any atom is -0.362 e. The highest BCUT2D eigenvalue weighted by Crippen LogP contribution is 2.22. The van der Waals surface area contributed by atoms with Crippen LogP contribution < -0.4 is 10.6 Å². The molecule has 0 unspecified atom stereocenters. The second-order valence-electron chi connectivity index (χ2n) is 5.13. The second-order valence-corrected chi connectivity index (χ2v) is 5.95. The second kappa shape index (κ2) is 7.61. The molecule has 1 aliphatic rings. The van der Waals surface area contributed by atoms with E-state index in [0.717, 1.165) is 48.7 Å². The summed E-state index contributed by atoms with van der Waals surface area (Å²) < 4.78 is 0. The van der Waals surface area contributed by atoms with Gasteiger partial charge in [-0.1, -0.05) is 17.7 Å². The van der Waals surface area contributed by atoms with Crippen LogP contribution in [0, 0.1) is 6.92 Å². The predicted octanol–water partition coefficient (Wildman–Crippen LogP) is 2.95. The molecule has 0 spiro atoms. The fourth-order valence-electron chi connectivity index (χ4n) is 2.32. The summed E-state index contributed by atoms with van der Waals surface area (Å²) in [6.07, 6.45) is 2.57. The average Bonchev–Trinajstić information content (AvgIpc) is 2.86. The molecule has 1 fully saturated rings. The van der Waals surface area contributed by atoms with Crippen LogP contribution in [-0.2, 0) is 4.79 Å². The Kier molecular flexibility index (Phi) is 5.82. The van der Waals surface area contributed by atoms with Gasteiger partial charge in [0.15, 0.2) is 5.11 Å². The largest absolute Gasteiger partial charge is 0.362 e. The van der Waals surface area contributed by atoms with Gasteiger partial charge in [0.25, 0.3) is 0 Å². The zero-order valence-corrected chi connectivity index (χ0v) is 13.7. The summed E-state index contributed by atoms with van der Waals surface area (Å²) in [5, 5.41) is 7.59. The number of benzene rings is 1. The number of rotatable bonds is 5. The third-order valence-corrected chi connectivity index (χ3v) is 4.23. The van der Waals surface area contributed by atoms with Gasteiger partial charge in [0.2, 0.25) is 5.91 Å². The van der Waals surface area contributed by atoms with Gasteiger partial charge < -0.3 is 15.5 Å². The molecule has 0 aromatic heterocycles. The van der Waals surface area contributed by atoms with Crippen LogP contribution in [0.15, 0.2) is 18.2 Å². The van der Waals surface area contributed by atoms with Crippen molar-refractivity contribution in [3.05, 3.63) is 28.8 Å². The Balaban J connectivity index is 1.70. The smallest absolute Gasteiger partial charge is 0.222 e. The number of likely N-dealkylation sites (tertiary alicyclic amines) is 1. The molecule has 114 valence electrons. The number of amides is 1. The normalized spacial score (nSPS) is 14.4. The zero-order chi connectivity index (χ0) is 15.2. The molecule has 1 aliphatic heterocycles. The molecule has 6 heteroatoms. The number of carbonyl (C=O) groups is 1. The monoisotopic (exact) mass is 325 g/mol. The number of carbonyl (C=O) groups excluding carboxylic acids is 1. The van der Waals surface area contributed by atoms with E-state index < -0.39 is 0 Å². The molecule has 1 aromatic rings. The van der Waals surface area contributed by atoms with Gasteiger partial charge in [-0.05, 0) is 49.7 Å². The number of halogens is 1. The molecule has 21 heavy (non-hydrogen) atoms. The minimum atomic E-state index is 0.269. The molecule has 4 nitrogen and oxygen atoms in total. The zero-order valence-electron chi connectivity index (χ0n) is 12.1. The summed E-state index contributed by atoms with van der Waals surface area (Å²) in [5.41, 5.74) is 1.89. The Morgan fingerprint density at radius 1 is 1.48 bits per heavy atom. The lowest BCUT2D eigenvalue weighted by Gasteiger charge is -2.16. The molecule has 0 saturated carbocycles. The SMILES string of the molecule is Cc1c(Cl)cccc1NC(=S)NCCCN1CCCC1=O. The van der Waals surface area contributed by atoms with Crippen molar-refractivity contribution < 1.29 is 4.79 Å². The highest BCUT2D eigenvalue weighted by molar-refractivity contribution is 7.80. The van der Waals surface area contributed by atoms with Gasteiger partial charge in [0.05, 0.1) is 0 Å². The molecule has 1 aromatic carbocycles. The standard InChI is InChI=1S/C15H20ClN3OS/c1-11-12(16)5-2-6-13(11)18-15(21)17-8-4-10-19-9-3-7-14(19)20/h2,5-6H,3-4,7-10H2,1H3,(H2,17,18,21). The molecule has 2 N–H and O–H groups in total. The first kappa shape index (κ1) is 16.0.